The van der Waals surface area contributed by atoms with Crippen LogP contribution in [0.2, 0.25) is 0 Å². The normalized spacial score (nSPS) is 18.2. The molecular formula is C71H108LuN14O16. The number of aliphatic hydroxyl groups is 1. The first kappa shape index (κ1) is 88.4. The molecule has 0 aliphatic carbocycles. The minimum absolute atomic E-state index is 0. The largest absolute Gasteiger partial charge is 0.508 e. The number of nitrogens with one attached hydrogen (secondary N) is 8. The maximum Gasteiger partial charge on any atom is 0.317 e. The summed E-state index contributed by atoms with van der Waals surface area (Å²) in [4.78, 5) is 158. The number of para-hydroxylation sites is 1. The number of carbonyl (C=O) groups excluding carboxylic acids is 8. The van der Waals surface area contributed by atoms with Crippen LogP contribution in [0.3, 0.4) is 0 Å². The molecule has 4 aromatic rings. The topological polar surface area (TPSA) is 431 Å². The van der Waals surface area contributed by atoms with E-state index in [1.165, 1.54) is 31.0 Å². The number of aromatic hydroxyl groups is 1. The molecule has 31 heteroatoms. The number of benzene rings is 3. The molecule has 3 aromatic carbocycles. The molecule has 8 amide bonds. The van der Waals surface area contributed by atoms with Gasteiger partial charge in [0.25, 0.3) is 0 Å². The van der Waals surface area contributed by atoms with Gasteiger partial charge in [-0.2, -0.15) is 0 Å². The van der Waals surface area contributed by atoms with Crippen molar-refractivity contribution in [1.29, 1.82) is 0 Å². The van der Waals surface area contributed by atoms with Crippen molar-refractivity contribution in [2.24, 2.45) is 5.73 Å². The molecule has 5 rings (SSSR count). The minimum atomic E-state index is -1.64. The summed E-state index contributed by atoms with van der Waals surface area (Å²) in [5.74, 6) is -7.96. The quantitative estimate of drug-likeness (QED) is 0.0274. The summed E-state index contributed by atoms with van der Waals surface area (Å²) in [6.45, 7) is 9.02. The molecule has 1 aromatic heterocycles. The Morgan fingerprint density at radius 1 is 0.549 bits per heavy atom. The van der Waals surface area contributed by atoms with Gasteiger partial charge in [0, 0.05) is 126 Å². The standard InChI is InChI=1S/C66H97N13O14.C5H11NO2.Lu/c1-5-78(35-36-79(43-59(86)87)34-33-76(3)42-58(84)85)41-57(83)69-32-18-7-6-17-31-68-56(82)25-14-13-24-55-64(91)73-52(37-46-26-28-48(81)29-27-46)62(89)72-53(39-47-40-70-50-22-12-11-21-49(47)50)63(90)71-51(23-15-16-30-67)61(88)75-60(44(2)80)65(92)74-54(66(93)77(55)4)38-45-19-9-8-10-20-45;1-3-6(2)4-5(7)8;/h8-12,19-22,26-29,40,44,51-55,60,70,80-81H,5-7,13-18,23-25,30-39,41-43,67H2,1-4H3,(H,68,82)(H,69,83)(H,71,90)(H,72,89)(H,73,91)(H,74,92)(H,75,88)(H,84,85)(H,86,87);3-4H2,1-2H3,(H,7,8);/t44-,51+,52+,53-,54+,55+,60+;;/m1../s1. The summed E-state index contributed by atoms with van der Waals surface area (Å²) < 4.78 is 0. The fraction of sp³-hybridized carbons (Fsp3) is 0.563. The van der Waals surface area contributed by atoms with Gasteiger partial charge in [0.15, 0.2) is 0 Å². The number of nitrogens with two attached hydrogens (primary N) is 1. The van der Waals surface area contributed by atoms with Crippen molar-refractivity contribution in [3.05, 3.63) is 102 Å². The zero-order valence-electron chi connectivity index (χ0n) is 59.5. The van der Waals surface area contributed by atoms with E-state index in [2.05, 4.69) is 42.2 Å². The van der Waals surface area contributed by atoms with Crippen molar-refractivity contribution in [1.82, 2.24) is 66.7 Å². The Hall–Kier alpha value is -7.84. The van der Waals surface area contributed by atoms with E-state index in [9.17, 15) is 58.5 Å². The third-order valence-electron chi connectivity index (χ3n) is 17.3. The average Bonchev–Trinajstić information content (AvgIpc) is 1.47. The maximum absolute atomic E-state index is 15.1. The molecule has 0 bridgehead atoms. The van der Waals surface area contributed by atoms with Gasteiger partial charge >= 0.3 is 17.9 Å². The third kappa shape index (κ3) is 33.5. The molecule has 1 fully saturated rings. The predicted octanol–water partition coefficient (Wildman–Crippen LogP) is 0.777. The number of unbranched alkanes of at least 4 members (excludes halogenated alkanes) is 5. The van der Waals surface area contributed by atoms with Crippen molar-refractivity contribution in [2.45, 2.75) is 153 Å². The molecule has 1 radical (unpaired) electrons. The SMILES string of the molecule is CCN(C)CC(=O)O.CCN(CCN(CCN(C)CC(=O)O)CC(=O)O)CC(=O)NCCCCCCNC(=O)CCCC[C@H]1C(=O)N[C@@H](Cc2ccc(O)cc2)C(=O)N[C@H](Cc2c[nH]c3ccccc23)C(=O)N[C@@H](CCCCN)C(=O)N[C@@H]([C@@H](C)O)C(=O)N[C@@H](Cc2ccccc2)C(=O)N1C.[Lu]. The number of fused-ring (bicyclic) bond motifs is 1. The molecule has 0 saturated carbocycles. The maximum atomic E-state index is 15.1. The Morgan fingerprint density at radius 2 is 1.08 bits per heavy atom. The van der Waals surface area contributed by atoms with Crippen molar-refractivity contribution in [3.63, 3.8) is 0 Å². The fourth-order valence-corrected chi connectivity index (χ4v) is 11.3. The van der Waals surface area contributed by atoms with E-state index < -0.39 is 95.7 Å². The molecule has 2 heterocycles. The molecular weight excluding hydrogens is 1480 g/mol. The number of hydrogen-bond acceptors (Lipinski definition) is 18. The molecule has 573 valence electrons. The van der Waals surface area contributed by atoms with Crippen LogP contribution in [0.1, 0.15) is 108 Å². The van der Waals surface area contributed by atoms with Gasteiger partial charge < -0.3 is 78.4 Å². The number of rotatable bonds is 39. The molecule has 0 unspecified atom stereocenters. The number of phenolic OH excluding ortho intramolecular Hbond substituents is 1. The van der Waals surface area contributed by atoms with Crippen LogP contribution in [0.25, 0.3) is 10.9 Å². The van der Waals surface area contributed by atoms with Gasteiger partial charge in [-0.1, -0.05) is 93.8 Å². The van der Waals surface area contributed by atoms with E-state index in [1.54, 1.807) is 77.5 Å². The van der Waals surface area contributed by atoms with Gasteiger partial charge in [0.2, 0.25) is 47.3 Å². The zero-order valence-corrected chi connectivity index (χ0v) is 61.2. The van der Waals surface area contributed by atoms with Crippen LogP contribution in [-0.4, -0.2) is 269 Å². The van der Waals surface area contributed by atoms with Crippen molar-refractivity contribution >= 4 is 76.1 Å². The number of hydrogen-bond donors (Lipinski definition) is 14. The van der Waals surface area contributed by atoms with E-state index in [4.69, 9.17) is 15.9 Å². The zero-order chi connectivity index (χ0) is 74.4. The number of phenols is 1. The minimum Gasteiger partial charge on any atom is -0.508 e. The second-order valence-electron chi connectivity index (χ2n) is 25.6. The molecule has 1 aliphatic heterocycles. The van der Waals surface area contributed by atoms with E-state index in [1.807, 2.05) is 43.0 Å². The van der Waals surface area contributed by atoms with E-state index in [-0.39, 0.29) is 139 Å². The van der Waals surface area contributed by atoms with Crippen LogP contribution in [0.4, 0.5) is 0 Å². The number of nitrogens with zero attached hydrogens (tertiary/aromatic N) is 5. The van der Waals surface area contributed by atoms with Crippen molar-refractivity contribution < 1.29 is 115 Å². The van der Waals surface area contributed by atoms with Gasteiger partial charge in [-0.3, -0.25) is 72.3 Å². The number of H-pyrrole nitrogens is 1. The number of carboxylic acid groups (broad SMARTS) is 3. The first-order chi connectivity index (χ1) is 48.2. The van der Waals surface area contributed by atoms with Crippen LogP contribution < -0.4 is 43.0 Å². The Kier molecular flexibility index (Phi) is 41.7. The number of amides is 8. The number of likely N-dealkylation sites (N-methyl/N-ethyl adjacent to an activating group) is 4. The molecule has 102 heavy (non-hydrogen) atoms. The van der Waals surface area contributed by atoms with Crippen LogP contribution in [0, 0.1) is 36.9 Å². The second kappa shape index (κ2) is 48.2. The third-order valence-corrected chi connectivity index (χ3v) is 17.3. The number of carboxylic acids is 3. The number of aromatic nitrogens is 1. The van der Waals surface area contributed by atoms with Gasteiger partial charge in [0.1, 0.15) is 42.0 Å². The Morgan fingerprint density at radius 3 is 1.69 bits per heavy atom. The number of aliphatic carboxylic acids is 3. The molecule has 15 N–H and O–H groups in total. The molecule has 1 saturated heterocycles. The van der Waals surface area contributed by atoms with Gasteiger partial charge in [-0.05, 0) is 120 Å². The van der Waals surface area contributed by atoms with Gasteiger partial charge in [-0.25, -0.2) is 0 Å². The molecule has 0 spiro atoms. The molecule has 30 nitrogen and oxygen atoms in total. The number of carbonyl (C=O) groups is 11. The summed E-state index contributed by atoms with van der Waals surface area (Å²) >= 11 is 0. The van der Waals surface area contributed by atoms with Crippen molar-refractivity contribution in [3.8, 4) is 5.75 Å². The predicted molar refractivity (Wildman–Crippen MR) is 380 cm³/mol. The first-order valence-electron chi connectivity index (χ1n) is 34.8. The van der Waals surface area contributed by atoms with Crippen molar-refractivity contribution in [2.75, 3.05) is 106 Å². The summed E-state index contributed by atoms with van der Waals surface area (Å²) in [6, 6.07) is 13.7. The van der Waals surface area contributed by atoms with E-state index >= 15 is 9.59 Å². The van der Waals surface area contributed by atoms with Gasteiger partial charge in [-0.15, -0.1) is 0 Å². The van der Waals surface area contributed by atoms with Crippen LogP contribution in [0.15, 0.2) is 85.1 Å². The van der Waals surface area contributed by atoms with Crippen LogP contribution in [-0.2, 0) is 72.0 Å². The van der Waals surface area contributed by atoms with E-state index in [0.717, 1.165) is 30.3 Å². The Labute approximate surface area is 626 Å². The van der Waals surface area contributed by atoms with E-state index in [0.29, 0.717) is 88.2 Å². The summed E-state index contributed by atoms with van der Waals surface area (Å²) in [7, 11) is 4.82. The van der Waals surface area contributed by atoms with Gasteiger partial charge in [0.05, 0.1) is 32.3 Å². The summed E-state index contributed by atoms with van der Waals surface area (Å²) in [6.07, 6.45) is 4.30. The number of aromatic amines is 1. The second-order valence-corrected chi connectivity index (χ2v) is 25.6. The molecule has 7 atom stereocenters. The Bertz CT molecular complexity index is 3270. The molecule has 1 aliphatic rings. The monoisotopic (exact) mass is 1590 g/mol. The fourth-order valence-electron chi connectivity index (χ4n) is 11.3. The summed E-state index contributed by atoms with van der Waals surface area (Å²) in [5, 5.41) is 68.4. The van der Waals surface area contributed by atoms with Crippen LogP contribution >= 0.6 is 0 Å². The summed E-state index contributed by atoms with van der Waals surface area (Å²) in [5.41, 5.74) is 8.38. The smallest absolute Gasteiger partial charge is 0.317 e. The average molecular weight is 1590 g/mol. The first-order valence-corrected chi connectivity index (χ1v) is 34.8. The Balaban J connectivity index is 0.00000282. The van der Waals surface area contributed by atoms with Crippen LogP contribution in [0.5, 0.6) is 5.75 Å². The number of aliphatic hydroxyl groups excluding tert-OH is 1.